The number of hydrogen-bond donors (Lipinski definition) is 5. The van der Waals surface area contributed by atoms with Crippen LogP contribution in [-0.4, -0.2) is 37.2 Å². The van der Waals surface area contributed by atoms with Gasteiger partial charge in [0.15, 0.2) is 0 Å². The van der Waals surface area contributed by atoms with Gasteiger partial charge < -0.3 is 25.5 Å². The van der Waals surface area contributed by atoms with E-state index >= 15 is 0 Å². The van der Waals surface area contributed by atoms with Crippen molar-refractivity contribution in [2.75, 3.05) is 0 Å². The lowest BCUT2D eigenvalue weighted by Gasteiger charge is -2.24. The van der Waals surface area contributed by atoms with E-state index < -0.39 is 11.7 Å². The van der Waals surface area contributed by atoms with Crippen molar-refractivity contribution in [1.29, 1.82) is 0 Å². The number of benzene rings is 2. The molecule has 5 heteroatoms. The van der Waals surface area contributed by atoms with Crippen LogP contribution in [0.2, 0.25) is 0 Å². The molecule has 0 saturated carbocycles. The van der Waals surface area contributed by atoms with E-state index in [1.54, 1.807) is 24.3 Å². The molecule has 2 aromatic carbocycles. The molecule has 0 spiro atoms. The maximum atomic E-state index is 9.99. The van der Waals surface area contributed by atoms with Crippen LogP contribution in [0.5, 0.6) is 17.2 Å². The average molecular weight is 330 g/mol. The Morgan fingerprint density at radius 2 is 1.50 bits per heavy atom. The lowest BCUT2D eigenvalue weighted by molar-refractivity contribution is -0.0471. The highest BCUT2D eigenvalue weighted by molar-refractivity contribution is 5.71. The molecule has 0 aliphatic carbocycles. The molecule has 0 aliphatic heterocycles. The fourth-order valence-electron chi connectivity index (χ4n) is 2.24. The molecule has 5 N–H and O–H groups in total. The average Bonchev–Trinajstić information content (AvgIpc) is 2.46. The molecule has 24 heavy (non-hydrogen) atoms. The Morgan fingerprint density at radius 1 is 0.917 bits per heavy atom. The van der Waals surface area contributed by atoms with Crippen LogP contribution in [0.3, 0.4) is 0 Å². The summed E-state index contributed by atoms with van der Waals surface area (Å²) in [6, 6.07) is 9.20. The van der Waals surface area contributed by atoms with E-state index in [1.165, 1.54) is 38.1 Å². The molecule has 5 nitrogen and oxygen atoms in total. The predicted octanol–water partition coefficient (Wildman–Crippen LogP) is 2.65. The van der Waals surface area contributed by atoms with E-state index in [0.717, 1.165) is 5.56 Å². The Labute approximate surface area is 140 Å². The van der Waals surface area contributed by atoms with Gasteiger partial charge in [-0.3, -0.25) is 0 Å². The fraction of sp³-hybridized carbons (Fsp3) is 0.263. The minimum atomic E-state index is -1.27. The highest BCUT2D eigenvalue weighted by atomic mass is 16.3. The monoisotopic (exact) mass is 330 g/mol. The van der Waals surface area contributed by atoms with Gasteiger partial charge in [0.25, 0.3) is 0 Å². The SMILES string of the molecule is CC(C)(O)[C@@H](O)Cc1cc(/C=C\c2cc(O)cc(O)c2)ccc1O. The van der Waals surface area contributed by atoms with Crippen LogP contribution < -0.4 is 0 Å². The van der Waals surface area contributed by atoms with Gasteiger partial charge in [-0.15, -0.1) is 0 Å². The van der Waals surface area contributed by atoms with Crippen LogP contribution in [0, 0.1) is 0 Å². The van der Waals surface area contributed by atoms with Gasteiger partial charge >= 0.3 is 0 Å². The van der Waals surface area contributed by atoms with Crippen LogP contribution in [0.1, 0.15) is 30.5 Å². The summed E-state index contributed by atoms with van der Waals surface area (Å²) in [5.41, 5.74) is 0.648. The topological polar surface area (TPSA) is 101 Å². The van der Waals surface area contributed by atoms with Crippen LogP contribution in [0.25, 0.3) is 12.2 Å². The van der Waals surface area contributed by atoms with E-state index in [1.807, 2.05) is 0 Å². The Kier molecular flexibility index (Phi) is 5.17. The molecule has 0 fully saturated rings. The minimum absolute atomic E-state index is 0.0330. The van der Waals surface area contributed by atoms with Crippen LogP contribution in [0.4, 0.5) is 0 Å². The molecule has 0 aliphatic rings. The summed E-state index contributed by atoms with van der Waals surface area (Å²) in [6.45, 7) is 3.01. The lowest BCUT2D eigenvalue weighted by Crippen LogP contribution is -2.37. The van der Waals surface area contributed by atoms with Gasteiger partial charge in [-0.1, -0.05) is 18.2 Å². The highest BCUT2D eigenvalue weighted by Crippen LogP contribution is 2.25. The number of phenolic OH excluding ortho intramolecular Hbond substituents is 3. The van der Waals surface area contributed by atoms with Gasteiger partial charge in [-0.25, -0.2) is 0 Å². The standard InChI is InChI=1S/C19H22O5/c1-19(2,24)18(23)10-14-7-12(5-6-17(14)22)3-4-13-8-15(20)11-16(21)9-13/h3-9,11,18,20-24H,10H2,1-2H3/b4-3-/t18-/m0/s1. The zero-order valence-corrected chi connectivity index (χ0v) is 13.6. The fourth-order valence-corrected chi connectivity index (χ4v) is 2.24. The second-order valence-electron chi connectivity index (χ2n) is 6.38. The van der Waals surface area contributed by atoms with E-state index in [2.05, 4.69) is 0 Å². The first-order chi connectivity index (χ1) is 11.1. The first kappa shape index (κ1) is 17.8. The molecule has 0 unspecified atom stereocenters. The predicted molar refractivity (Wildman–Crippen MR) is 92.8 cm³/mol. The van der Waals surface area contributed by atoms with Crippen molar-refractivity contribution < 1.29 is 25.5 Å². The number of hydrogen-bond acceptors (Lipinski definition) is 5. The number of aliphatic hydroxyl groups excluding tert-OH is 1. The summed E-state index contributed by atoms with van der Waals surface area (Å²) >= 11 is 0. The number of aromatic hydroxyl groups is 3. The zero-order chi connectivity index (χ0) is 17.9. The van der Waals surface area contributed by atoms with Crippen LogP contribution >= 0.6 is 0 Å². The summed E-state index contributed by atoms with van der Waals surface area (Å²) in [5, 5.41) is 48.7. The molecule has 2 aromatic rings. The summed E-state index contributed by atoms with van der Waals surface area (Å²) < 4.78 is 0. The van der Waals surface area contributed by atoms with E-state index in [-0.39, 0.29) is 23.7 Å². The number of phenols is 3. The van der Waals surface area contributed by atoms with Gasteiger partial charge in [0.05, 0.1) is 11.7 Å². The number of aliphatic hydroxyl groups is 2. The first-order valence-electron chi connectivity index (χ1n) is 7.58. The summed E-state index contributed by atoms with van der Waals surface area (Å²) in [4.78, 5) is 0. The number of rotatable bonds is 5. The third-order valence-electron chi connectivity index (χ3n) is 3.73. The van der Waals surface area contributed by atoms with Gasteiger partial charge in [0.1, 0.15) is 17.2 Å². The van der Waals surface area contributed by atoms with Gasteiger partial charge in [0, 0.05) is 12.5 Å². The molecule has 0 radical (unpaired) electrons. The molecule has 0 aromatic heterocycles. The smallest absolute Gasteiger partial charge is 0.119 e. The van der Waals surface area contributed by atoms with Crippen molar-refractivity contribution in [3.63, 3.8) is 0 Å². The molecule has 128 valence electrons. The molecule has 0 saturated heterocycles. The van der Waals surface area contributed by atoms with Gasteiger partial charge in [0.2, 0.25) is 0 Å². The zero-order valence-electron chi connectivity index (χ0n) is 13.6. The maximum absolute atomic E-state index is 9.99. The van der Waals surface area contributed by atoms with Gasteiger partial charge in [-0.2, -0.15) is 0 Å². The van der Waals surface area contributed by atoms with Crippen molar-refractivity contribution in [1.82, 2.24) is 0 Å². The van der Waals surface area contributed by atoms with Gasteiger partial charge in [-0.05, 0) is 54.8 Å². The normalized spacial score (nSPS) is 13.3. The second-order valence-corrected chi connectivity index (χ2v) is 6.38. The molecule has 0 bridgehead atoms. The second kappa shape index (κ2) is 6.95. The molecular weight excluding hydrogens is 308 g/mol. The summed E-state index contributed by atoms with van der Waals surface area (Å²) in [6.07, 6.45) is 2.57. The van der Waals surface area contributed by atoms with Crippen LogP contribution in [-0.2, 0) is 6.42 Å². The molecule has 1 atom stereocenters. The maximum Gasteiger partial charge on any atom is 0.119 e. The molecule has 0 heterocycles. The third kappa shape index (κ3) is 4.75. The highest BCUT2D eigenvalue weighted by Gasteiger charge is 2.25. The Balaban J connectivity index is 2.23. The van der Waals surface area contributed by atoms with E-state index in [0.29, 0.717) is 11.1 Å². The van der Waals surface area contributed by atoms with E-state index in [4.69, 9.17) is 0 Å². The van der Waals surface area contributed by atoms with Crippen molar-refractivity contribution in [3.05, 3.63) is 53.1 Å². The Bertz CT molecular complexity index is 724. The summed E-state index contributed by atoms with van der Waals surface area (Å²) in [7, 11) is 0. The lowest BCUT2D eigenvalue weighted by atomic mass is 9.94. The Morgan fingerprint density at radius 3 is 2.08 bits per heavy atom. The van der Waals surface area contributed by atoms with Crippen molar-refractivity contribution in [2.45, 2.75) is 32.0 Å². The molecule has 2 rings (SSSR count). The van der Waals surface area contributed by atoms with Crippen molar-refractivity contribution in [2.24, 2.45) is 0 Å². The van der Waals surface area contributed by atoms with Crippen molar-refractivity contribution >= 4 is 12.2 Å². The largest absolute Gasteiger partial charge is 0.508 e. The quantitative estimate of drug-likeness (QED) is 0.543. The molecule has 0 amide bonds. The minimum Gasteiger partial charge on any atom is -0.508 e. The van der Waals surface area contributed by atoms with Crippen LogP contribution in [0.15, 0.2) is 36.4 Å². The Hall–Kier alpha value is -2.50. The van der Waals surface area contributed by atoms with E-state index in [9.17, 15) is 25.5 Å². The summed E-state index contributed by atoms with van der Waals surface area (Å²) in [5.74, 6) is -0.0193. The third-order valence-corrected chi connectivity index (χ3v) is 3.73. The molecular formula is C19H22O5. The first-order valence-corrected chi connectivity index (χ1v) is 7.58. The van der Waals surface area contributed by atoms with Crippen molar-refractivity contribution in [3.8, 4) is 17.2 Å².